The summed E-state index contributed by atoms with van der Waals surface area (Å²) in [5, 5.41) is 0. The largest absolute Gasteiger partial charge is 0.260 e. The Morgan fingerprint density at radius 1 is 1.64 bits per heavy atom. The molecule has 0 aliphatic carbocycles. The SMILES string of the molecule is CN(I)NCc1ccccn1. The molecule has 0 spiro atoms. The molecule has 0 radical (unpaired) electrons. The monoisotopic (exact) mass is 263 g/mol. The van der Waals surface area contributed by atoms with Crippen LogP contribution in [0.15, 0.2) is 24.4 Å². The third-order valence-electron chi connectivity index (χ3n) is 1.20. The smallest absolute Gasteiger partial charge is 0.0556 e. The molecule has 0 fully saturated rings. The van der Waals surface area contributed by atoms with Gasteiger partial charge in [-0.15, -0.1) is 0 Å². The zero-order valence-corrected chi connectivity index (χ0v) is 8.45. The van der Waals surface area contributed by atoms with Gasteiger partial charge in [-0.3, -0.25) is 4.98 Å². The molecule has 1 rings (SSSR count). The van der Waals surface area contributed by atoms with Crippen LogP contribution in [0, 0.1) is 0 Å². The van der Waals surface area contributed by atoms with Gasteiger partial charge in [-0.25, -0.2) is 5.43 Å². The van der Waals surface area contributed by atoms with Crippen molar-refractivity contribution in [2.24, 2.45) is 0 Å². The van der Waals surface area contributed by atoms with Crippen molar-refractivity contribution in [3.8, 4) is 0 Å². The second-order valence-corrected chi connectivity index (χ2v) is 3.58. The molecule has 1 N–H and O–H groups in total. The van der Waals surface area contributed by atoms with Gasteiger partial charge < -0.3 is 0 Å². The molecule has 60 valence electrons. The fourth-order valence-electron chi connectivity index (χ4n) is 0.693. The first-order chi connectivity index (χ1) is 5.29. The summed E-state index contributed by atoms with van der Waals surface area (Å²) < 4.78 is 1.88. The quantitative estimate of drug-likeness (QED) is 0.507. The number of nitrogens with one attached hydrogen (secondary N) is 1. The molecule has 1 aromatic rings. The fraction of sp³-hybridized carbons (Fsp3) is 0.286. The van der Waals surface area contributed by atoms with Gasteiger partial charge in [0.05, 0.1) is 12.2 Å². The average molecular weight is 263 g/mol. The van der Waals surface area contributed by atoms with Crippen molar-refractivity contribution in [1.82, 2.24) is 13.6 Å². The summed E-state index contributed by atoms with van der Waals surface area (Å²) in [6.07, 6.45) is 1.80. The fourth-order valence-corrected chi connectivity index (χ4v) is 0.863. The first-order valence-corrected chi connectivity index (χ1v) is 4.28. The maximum absolute atomic E-state index is 4.16. The number of rotatable bonds is 3. The minimum atomic E-state index is 0.778. The molecule has 0 bridgehead atoms. The Morgan fingerprint density at radius 2 is 2.45 bits per heavy atom. The van der Waals surface area contributed by atoms with E-state index in [4.69, 9.17) is 0 Å². The summed E-state index contributed by atoms with van der Waals surface area (Å²) >= 11 is 2.16. The Balaban J connectivity index is 2.39. The predicted octanol–water partition coefficient (Wildman–Crippen LogP) is 1.37. The van der Waals surface area contributed by atoms with Gasteiger partial charge in [-0.05, 0) is 12.1 Å². The van der Waals surface area contributed by atoms with Crippen molar-refractivity contribution in [2.75, 3.05) is 7.05 Å². The van der Waals surface area contributed by atoms with Gasteiger partial charge in [0.15, 0.2) is 0 Å². The van der Waals surface area contributed by atoms with Crippen LogP contribution in [-0.2, 0) is 6.54 Å². The maximum atomic E-state index is 4.16. The second-order valence-electron chi connectivity index (χ2n) is 2.13. The summed E-state index contributed by atoms with van der Waals surface area (Å²) in [5.74, 6) is 0. The number of pyridine rings is 1. The molecule has 0 atom stereocenters. The predicted molar refractivity (Wildman–Crippen MR) is 52.9 cm³/mol. The average Bonchev–Trinajstić information content (AvgIpc) is 2.03. The normalized spacial score (nSPS) is 10.5. The van der Waals surface area contributed by atoms with Crippen molar-refractivity contribution in [2.45, 2.75) is 6.54 Å². The first kappa shape index (κ1) is 8.89. The van der Waals surface area contributed by atoms with E-state index in [-0.39, 0.29) is 0 Å². The van der Waals surface area contributed by atoms with Gasteiger partial charge in [0.1, 0.15) is 0 Å². The van der Waals surface area contributed by atoms with Crippen LogP contribution >= 0.6 is 22.9 Å². The molecule has 4 heteroatoms. The lowest BCUT2D eigenvalue weighted by Crippen LogP contribution is -2.24. The minimum absolute atomic E-state index is 0.778. The van der Waals surface area contributed by atoms with Gasteiger partial charge in [-0.1, -0.05) is 6.07 Å². The minimum Gasteiger partial charge on any atom is -0.260 e. The van der Waals surface area contributed by atoms with Crippen LogP contribution in [0.5, 0.6) is 0 Å². The van der Waals surface area contributed by atoms with Crippen molar-refractivity contribution in [1.29, 1.82) is 0 Å². The molecule has 0 aromatic carbocycles. The van der Waals surface area contributed by atoms with E-state index in [1.54, 1.807) is 6.20 Å². The zero-order valence-electron chi connectivity index (χ0n) is 6.29. The van der Waals surface area contributed by atoms with Crippen LogP contribution in [0.3, 0.4) is 0 Å². The number of hydrogen-bond acceptors (Lipinski definition) is 3. The highest BCUT2D eigenvalue weighted by Gasteiger charge is 1.92. The van der Waals surface area contributed by atoms with Crippen molar-refractivity contribution >= 4 is 22.9 Å². The van der Waals surface area contributed by atoms with Gasteiger partial charge >= 0.3 is 0 Å². The molecule has 0 aliphatic heterocycles. The standard InChI is InChI=1S/C7H10IN3/c1-11(8)10-6-7-4-2-3-5-9-7/h2-5,10H,6H2,1H3. The van der Waals surface area contributed by atoms with Crippen LogP contribution in [0.4, 0.5) is 0 Å². The lowest BCUT2D eigenvalue weighted by atomic mass is 10.4. The molecular weight excluding hydrogens is 253 g/mol. The van der Waals surface area contributed by atoms with E-state index in [2.05, 4.69) is 33.3 Å². The number of hydrazine groups is 1. The van der Waals surface area contributed by atoms with E-state index in [1.807, 2.05) is 28.5 Å². The molecule has 0 aliphatic rings. The highest BCUT2D eigenvalue weighted by Crippen LogP contribution is 1.94. The van der Waals surface area contributed by atoms with Crippen molar-refractivity contribution in [3.05, 3.63) is 30.1 Å². The Morgan fingerprint density at radius 3 is 3.00 bits per heavy atom. The van der Waals surface area contributed by atoms with E-state index >= 15 is 0 Å². The van der Waals surface area contributed by atoms with Crippen LogP contribution in [0.2, 0.25) is 0 Å². The summed E-state index contributed by atoms with van der Waals surface area (Å²) in [6, 6.07) is 5.89. The Kier molecular flexibility index (Phi) is 3.74. The van der Waals surface area contributed by atoms with E-state index in [0.29, 0.717) is 0 Å². The molecule has 1 heterocycles. The van der Waals surface area contributed by atoms with Crippen LogP contribution < -0.4 is 5.43 Å². The van der Waals surface area contributed by atoms with E-state index in [0.717, 1.165) is 12.2 Å². The van der Waals surface area contributed by atoms with Crippen LogP contribution in [0.25, 0.3) is 0 Å². The van der Waals surface area contributed by atoms with Gasteiger partial charge in [0, 0.05) is 36.1 Å². The molecule has 0 unspecified atom stereocenters. The van der Waals surface area contributed by atoms with Gasteiger partial charge in [0.25, 0.3) is 0 Å². The molecular formula is C7H10IN3. The first-order valence-electron chi connectivity index (χ1n) is 3.32. The summed E-state index contributed by atoms with van der Waals surface area (Å²) in [6.45, 7) is 0.778. The van der Waals surface area contributed by atoms with Crippen LogP contribution in [-0.4, -0.2) is 15.3 Å². The second kappa shape index (κ2) is 4.63. The van der Waals surface area contributed by atoms with Crippen LogP contribution in [0.1, 0.15) is 5.69 Å². The summed E-state index contributed by atoms with van der Waals surface area (Å²) in [5.41, 5.74) is 4.17. The van der Waals surface area contributed by atoms with E-state index < -0.39 is 0 Å². The third kappa shape index (κ3) is 3.64. The maximum Gasteiger partial charge on any atom is 0.0556 e. The summed E-state index contributed by atoms with van der Waals surface area (Å²) in [4.78, 5) is 4.16. The van der Waals surface area contributed by atoms with E-state index in [1.165, 1.54) is 0 Å². The highest BCUT2D eigenvalue weighted by atomic mass is 127. The molecule has 11 heavy (non-hydrogen) atoms. The highest BCUT2D eigenvalue weighted by molar-refractivity contribution is 14.1. The molecule has 3 nitrogen and oxygen atoms in total. The third-order valence-corrected chi connectivity index (χ3v) is 1.55. The lowest BCUT2D eigenvalue weighted by Gasteiger charge is -2.08. The number of hydrogen-bond donors (Lipinski definition) is 1. The molecule has 0 saturated carbocycles. The number of aromatic nitrogens is 1. The Bertz CT molecular complexity index is 200. The van der Waals surface area contributed by atoms with Gasteiger partial charge in [0.2, 0.25) is 0 Å². The molecule has 0 amide bonds. The van der Waals surface area contributed by atoms with Gasteiger partial charge in [-0.2, -0.15) is 3.22 Å². The van der Waals surface area contributed by atoms with Crippen molar-refractivity contribution in [3.63, 3.8) is 0 Å². The number of halogens is 1. The lowest BCUT2D eigenvalue weighted by molar-refractivity contribution is 0.440. The Labute approximate surface area is 80.3 Å². The van der Waals surface area contributed by atoms with Crippen molar-refractivity contribution < 1.29 is 0 Å². The molecule has 0 saturated heterocycles. The summed E-state index contributed by atoms with van der Waals surface area (Å²) in [7, 11) is 1.95. The van der Waals surface area contributed by atoms with E-state index in [9.17, 15) is 0 Å². The zero-order chi connectivity index (χ0) is 8.10. The molecule has 1 aromatic heterocycles. The topological polar surface area (TPSA) is 28.2 Å². The Hall–Kier alpha value is -0.200. The number of nitrogens with zero attached hydrogens (tertiary/aromatic N) is 2.